The molecule has 1 atom stereocenters. The fraction of sp³-hybridized carbons (Fsp3) is 0.667. The van der Waals surface area contributed by atoms with Crippen molar-refractivity contribution in [3.8, 4) is 0 Å². The summed E-state index contributed by atoms with van der Waals surface area (Å²) in [6.45, 7) is 3.44. The number of ether oxygens (including phenoxy) is 2. The van der Waals surface area contributed by atoms with E-state index < -0.39 is 0 Å². The third-order valence-electron chi connectivity index (χ3n) is 2.65. The third kappa shape index (κ3) is 4.81. The Morgan fingerprint density at radius 2 is 2.11 bits per heavy atom. The van der Waals surface area contributed by atoms with Gasteiger partial charge in [-0.3, -0.25) is 4.79 Å². The van der Waals surface area contributed by atoms with Crippen LogP contribution in [0.4, 0.5) is 5.69 Å². The molecule has 0 fully saturated rings. The lowest BCUT2D eigenvalue weighted by Gasteiger charge is -2.16. The highest BCUT2D eigenvalue weighted by atomic mass is 35.5. The van der Waals surface area contributed by atoms with Crippen LogP contribution in [0.5, 0.6) is 0 Å². The van der Waals surface area contributed by atoms with Crippen molar-refractivity contribution in [2.45, 2.75) is 25.9 Å². The summed E-state index contributed by atoms with van der Waals surface area (Å²) in [5, 5.41) is 7.35. The maximum absolute atomic E-state index is 11.9. The normalized spacial score (nSPS) is 12.4. The van der Waals surface area contributed by atoms with Crippen LogP contribution < -0.4 is 10.9 Å². The molecule has 6 nitrogen and oxygen atoms in total. The molecule has 19 heavy (non-hydrogen) atoms. The van der Waals surface area contributed by atoms with Gasteiger partial charge in [0.25, 0.3) is 5.56 Å². The molecule has 0 radical (unpaired) electrons. The molecular weight excluding hydrogens is 270 g/mol. The minimum Gasteiger partial charge on any atom is -0.385 e. The molecule has 1 rings (SSSR count). The average Bonchev–Trinajstić information content (AvgIpc) is 2.41. The van der Waals surface area contributed by atoms with Crippen molar-refractivity contribution in [3.63, 3.8) is 0 Å². The predicted octanol–water partition coefficient (Wildman–Crippen LogP) is 1.38. The first-order valence-corrected chi connectivity index (χ1v) is 6.48. The second kappa shape index (κ2) is 8.14. The number of anilines is 1. The maximum Gasteiger partial charge on any atom is 0.287 e. The van der Waals surface area contributed by atoms with E-state index in [0.717, 1.165) is 6.42 Å². The van der Waals surface area contributed by atoms with Gasteiger partial charge in [-0.15, -0.1) is 0 Å². The molecule has 1 unspecified atom stereocenters. The summed E-state index contributed by atoms with van der Waals surface area (Å²) in [6.07, 6.45) is 2.38. The van der Waals surface area contributed by atoms with Gasteiger partial charge in [-0.2, -0.15) is 5.10 Å². The van der Waals surface area contributed by atoms with E-state index in [1.54, 1.807) is 20.4 Å². The Morgan fingerprint density at radius 3 is 2.74 bits per heavy atom. The zero-order valence-electron chi connectivity index (χ0n) is 11.5. The Bertz CT molecular complexity index is 450. The van der Waals surface area contributed by atoms with Crippen molar-refractivity contribution in [2.24, 2.45) is 0 Å². The van der Waals surface area contributed by atoms with Crippen molar-refractivity contribution >= 4 is 17.3 Å². The van der Waals surface area contributed by atoms with Gasteiger partial charge in [-0.1, -0.05) is 11.6 Å². The van der Waals surface area contributed by atoms with Crippen LogP contribution >= 0.6 is 11.6 Å². The molecule has 7 heteroatoms. The summed E-state index contributed by atoms with van der Waals surface area (Å²) in [6, 6.07) is 0.147. The van der Waals surface area contributed by atoms with Gasteiger partial charge in [-0.05, 0) is 13.3 Å². The second-order valence-electron chi connectivity index (χ2n) is 4.22. The molecule has 0 aliphatic carbocycles. The van der Waals surface area contributed by atoms with Gasteiger partial charge in [0.1, 0.15) is 5.02 Å². The van der Waals surface area contributed by atoms with Crippen LogP contribution in [0, 0.1) is 0 Å². The Balaban J connectivity index is 2.75. The second-order valence-corrected chi connectivity index (χ2v) is 4.60. The highest BCUT2D eigenvalue weighted by molar-refractivity contribution is 6.32. The molecule has 0 aliphatic rings. The van der Waals surface area contributed by atoms with E-state index in [1.807, 2.05) is 6.92 Å². The maximum atomic E-state index is 11.9. The van der Waals surface area contributed by atoms with Gasteiger partial charge < -0.3 is 14.8 Å². The Labute approximate surface area is 117 Å². The molecule has 0 saturated carbocycles. The molecular formula is C12H20ClN3O3. The van der Waals surface area contributed by atoms with E-state index in [2.05, 4.69) is 10.4 Å². The molecule has 0 saturated heterocycles. The van der Waals surface area contributed by atoms with Crippen molar-refractivity contribution in [3.05, 3.63) is 21.6 Å². The van der Waals surface area contributed by atoms with Gasteiger partial charge >= 0.3 is 0 Å². The number of nitrogens with one attached hydrogen (secondary N) is 1. The number of methoxy groups -OCH3 is 2. The largest absolute Gasteiger partial charge is 0.385 e. The lowest BCUT2D eigenvalue weighted by molar-refractivity contribution is 0.182. The van der Waals surface area contributed by atoms with E-state index in [-0.39, 0.29) is 16.6 Å². The minimum atomic E-state index is -0.317. The van der Waals surface area contributed by atoms with Crippen molar-refractivity contribution in [1.82, 2.24) is 9.78 Å². The summed E-state index contributed by atoms with van der Waals surface area (Å²) in [5.74, 6) is 0. The fourth-order valence-electron chi connectivity index (χ4n) is 1.53. The van der Waals surface area contributed by atoms with Crippen molar-refractivity contribution in [2.75, 3.05) is 32.8 Å². The summed E-state index contributed by atoms with van der Waals surface area (Å²) in [7, 11) is 3.22. The van der Waals surface area contributed by atoms with E-state index in [4.69, 9.17) is 21.1 Å². The van der Waals surface area contributed by atoms with E-state index in [9.17, 15) is 4.79 Å². The monoisotopic (exact) mass is 289 g/mol. The lowest BCUT2D eigenvalue weighted by atomic mass is 10.2. The van der Waals surface area contributed by atoms with E-state index >= 15 is 0 Å². The SMILES string of the molecule is COCCC(C)Nc1cnn(CCOC)c(=O)c1Cl. The lowest BCUT2D eigenvalue weighted by Crippen LogP contribution is -2.27. The smallest absolute Gasteiger partial charge is 0.287 e. The first kappa shape index (κ1) is 15.9. The Kier molecular flexibility index (Phi) is 6.83. The summed E-state index contributed by atoms with van der Waals surface area (Å²) in [4.78, 5) is 11.9. The highest BCUT2D eigenvalue weighted by Crippen LogP contribution is 2.16. The molecule has 1 aromatic heterocycles. The van der Waals surface area contributed by atoms with Crippen LogP contribution in [-0.2, 0) is 16.0 Å². The standard InChI is InChI=1S/C12H20ClN3O3/c1-9(4-6-18-2)15-10-8-14-16(5-7-19-3)12(17)11(10)13/h8-9,15H,4-7H2,1-3H3. The van der Waals surface area contributed by atoms with Gasteiger partial charge in [0, 0.05) is 26.9 Å². The van der Waals surface area contributed by atoms with Crippen molar-refractivity contribution in [1.29, 1.82) is 0 Å². The van der Waals surface area contributed by atoms with E-state index in [1.165, 1.54) is 4.68 Å². The summed E-state index contributed by atoms with van der Waals surface area (Å²) >= 11 is 6.05. The molecule has 0 bridgehead atoms. The number of aromatic nitrogens is 2. The van der Waals surface area contributed by atoms with Gasteiger partial charge in [0.05, 0.1) is 25.0 Å². The third-order valence-corrected chi connectivity index (χ3v) is 3.01. The molecule has 1 heterocycles. The minimum absolute atomic E-state index is 0.147. The molecule has 1 aromatic rings. The van der Waals surface area contributed by atoms with Gasteiger partial charge in [-0.25, -0.2) is 4.68 Å². The van der Waals surface area contributed by atoms with Crippen LogP contribution in [0.1, 0.15) is 13.3 Å². The molecule has 108 valence electrons. The van der Waals surface area contributed by atoms with Crippen LogP contribution in [0.2, 0.25) is 5.02 Å². The first-order valence-electron chi connectivity index (χ1n) is 6.10. The number of hydrogen-bond donors (Lipinski definition) is 1. The van der Waals surface area contributed by atoms with Crippen LogP contribution in [0.15, 0.2) is 11.0 Å². The Hall–Kier alpha value is -1.11. The predicted molar refractivity (Wildman–Crippen MR) is 75.0 cm³/mol. The van der Waals surface area contributed by atoms with Crippen LogP contribution in [-0.4, -0.2) is 43.3 Å². The van der Waals surface area contributed by atoms with Crippen molar-refractivity contribution < 1.29 is 9.47 Å². The number of nitrogens with zero attached hydrogens (tertiary/aromatic N) is 2. The quantitative estimate of drug-likeness (QED) is 0.783. The average molecular weight is 290 g/mol. The van der Waals surface area contributed by atoms with E-state index in [0.29, 0.717) is 25.4 Å². The molecule has 1 N–H and O–H groups in total. The van der Waals surface area contributed by atoms with Gasteiger partial charge in [0.15, 0.2) is 0 Å². The van der Waals surface area contributed by atoms with Gasteiger partial charge in [0.2, 0.25) is 0 Å². The molecule has 0 amide bonds. The molecule has 0 aromatic carbocycles. The van der Waals surface area contributed by atoms with Crippen LogP contribution in [0.25, 0.3) is 0 Å². The zero-order valence-corrected chi connectivity index (χ0v) is 12.2. The number of halogens is 1. The Morgan fingerprint density at radius 1 is 1.42 bits per heavy atom. The summed E-state index contributed by atoms with van der Waals surface area (Å²) in [5.41, 5.74) is 0.228. The van der Waals surface area contributed by atoms with Crippen LogP contribution in [0.3, 0.4) is 0 Å². The fourth-order valence-corrected chi connectivity index (χ4v) is 1.74. The highest BCUT2D eigenvalue weighted by Gasteiger charge is 2.11. The zero-order chi connectivity index (χ0) is 14.3. The molecule has 0 aliphatic heterocycles. The first-order chi connectivity index (χ1) is 9.10. The number of rotatable bonds is 8. The summed E-state index contributed by atoms with van der Waals surface area (Å²) < 4.78 is 11.2. The molecule has 0 spiro atoms. The number of hydrogen-bond acceptors (Lipinski definition) is 5. The topological polar surface area (TPSA) is 65.4 Å².